The molecule has 0 saturated heterocycles. The van der Waals surface area contributed by atoms with Crippen molar-refractivity contribution in [2.24, 2.45) is 0 Å². The molecule has 2 heterocycles. The summed E-state index contributed by atoms with van der Waals surface area (Å²) in [5.74, 6) is 1.31. The van der Waals surface area contributed by atoms with Crippen molar-refractivity contribution in [2.75, 3.05) is 11.9 Å². The molecule has 1 aliphatic heterocycles. The molecule has 86 valence electrons. The van der Waals surface area contributed by atoms with E-state index in [1.807, 2.05) is 0 Å². The number of ketones is 1. The lowest BCUT2D eigenvalue weighted by atomic mass is 10.1. The zero-order chi connectivity index (χ0) is 11.4. The summed E-state index contributed by atoms with van der Waals surface area (Å²) in [5, 5.41) is 3.32. The van der Waals surface area contributed by atoms with Crippen LogP contribution >= 0.6 is 0 Å². The molecule has 0 atom stereocenters. The molecule has 0 aliphatic carbocycles. The maximum Gasteiger partial charge on any atom is 0.129 e. The molecular weight excluding hydrogens is 200 g/mol. The van der Waals surface area contributed by atoms with Gasteiger partial charge in [0.05, 0.1) is 0 Å². The van der Waals surface area contributed by atoms with Crippen LogP contribution in [-0.2, 0) is 17.6 Å². The second kappa shape index (κ2) is 5.10. The van der Waals surface area contributed by atoms with Crippen molar-refractivity contribution in [1.29, 1.82) is 0 Å². The van der Waals surface area contributed by atoms with Gasteiger partial charge in [-0.3, -0.25) is 0 Å². The zero-order valence-electron chi connectivity index (χ0n) is 9.75. The van der Waals surface area contributed by atoms with Crippen LogP contribution in [0.15, 0.2) is 12.1 Å². The Morgan fingerprint density at radius 1 is 1.50 bits per heavy atom. The van der Waals surface area contributed by atoms with Crippen LogP contribution in [0.3, 0.4) is 0 Å². The molecule has 0 spiro atoms. The van der Waals surface area contributed by atoms with Crippen LogP contribution in [0.1, 0.15) is 37.4 Å². The van der Waals surface area contributed by atoms with Crippen molar-refractivity contribution in [1.82, 2.24) is 4.98 Å². The number of aromatic nitrogens is 1. The van der Waals surface area contributed by atoms with E-state index in [9.17, 15) is 4.79 Å². The minimum absolute atomic E-state index is 0.260. The van der Waals surface area contributed by atoms with Crippen LogP contribution in [0.4, 0.5) is 5.82 Å². The number of hydrogen-bond donors (Lipinski definition) is 1. The topological polar surface area (TPSA) is 42.0 Å². The van der Waals surface area contributed by atoms with E-state index < -0.39 is 0 Å². The molecule has 0 amide bonds. The average Bonchev–Trinajstić information content (AvgIpc) is 2.28. The van der Waals surface area contributed by atoms with Gasteiger partial charge in [-0.2, -0.15) is 0 Å². The highest BCUT2D eigenvalue weighted by atomic mass is 16.1. The average molecular weight is 218 g/mol. The molecule has 0 unspecified atom stereocenters. The molecule has 0 radical (unpaired) electrons. The Kier molecular flexibility index (Phi) is 3.54. The van der Waals surface area contributed by atoms with Crippen LogP contribution in [-0.4, -0.2) is 17.3 Å². The first-order chi connectivity index (χ1) is 7.75. The van der Waals surface area contributed by atoms with Crippen LogP contribution < -0.4 is 5.32 Å². The fourth-order valence-corrected chi connectivity index (χ4v) is 2.03. The van der Waals surface area contributed by atoms with E-state index in [4.69, 9.17) is 0 Å². The number of fused-ring (bicyclic) bond motifs is 1. The summed E-state index contributed by atoms with van der Waals surface area (Å²) in [6.07, 6.45) is 4.78. The summed E-state index contributed by atoms with van der Waals surface area (Å²) in [6.45, 7) is 2.67. The fraction of sp³-hybridized carbons (Fsp3) is 0.538. The minimum atomic E-state index is 0.260. The maximum absolute atomic E-state index is 10.8. The number of carbonyl (C=O) groups is 1. The summed E-state index contributed by atoms with van der Waals surface area (Å²) >= 11 is 0. The zero-order valence-corrected chi connectivity index (χ0v) is 9.75. The number of nitrogens with zero attached hydrogens (tertiary/aromatic N) is 1. The van der Waals surface area contributed by atoms with E-state index in [1.54, 1.807) is 6.92 Å². The molecule has 2 rings (SSSR count). The Labute approximate surface area is 96.3 Å². The quantitative estimate of drug-likeness (QED) is 0.843. The summed E-state index contributed by atoms with van der Waals surface area (Å²) in [7, 11) is 0. The summed E-state index contributed by atoms with van der Waals surface area (Å²) in [6, 6.07) is 4.25. The number of Topliss-reactive ketones (excluding diaryl/α,β-unsaturated/α-hetero) is 1. The number of aryl methyl sites for hydroxylation is 2. The Morgan fingerprint density at radius 2 is 2.38 bits per heavy atom. The molecule has 1 aliphatic rings. The van der Waals surface area contributed by atoms with Crippen molar-refractivity contribution in [3.8, 4) is 0 Å². The van der Waals surface area contributed by atoms with Crippen molar-refractivity contribution in [3.63, 3.8) is 0 Å². The molecule has 3 nitrogen and oxygen atoms in total. The first-order valence-electron chi connectivity index (χ1n) is 5.98. The van der Waals surface area contributed by atoms with Gasteiger partial charge in [-0.25, -0.2) is 4.98 Å². The highest BCUT2D eigenvalue weighted by Crippen LogP contribution is 2.20. The standard InChI is InChI=1S/C13H18N2O/c1-10(16)4-2-6-12-8-7-11-5-3-9-14-13(11)15-12/h7-8H,2-6,9H2,1H3,(H,14,15). The number of carbonyl (C=O) groups excluding carboxylic acids is 1. The number of rotatable bonds is 4. The monoisotopic (exact) mass is 218 g/mol. The molecule has 3 heteroatoms. The Hall–Kier alpha value is -1.38. The van der Waals surface area contributed by atoms with Gasteiger partial charge in [0.15, 0.2) is 0 Å². The third-order valence-corrected chi connectivity index (χ3v) is 2.91. The molecule has 0 bridgehead atoms. The summed E-state index contributed by atoms with van der Waals surface area (Å²) in [4.78, 5) is 15.4. The fourth-order valence-electron chi connectivity index (χ4n) is 2.03. The molecule has 0 aromatic carbocycles. The van der Waals surface area contributed by atoms with Gasteiger partial charge in [-0.15, -0.1) is 0 Å². The smallest absolute Gasteiger partial charge is 0.129 e. The Balaban J connectivity index is 1.97. The molecular formula is C13H18N2O. The van der Waals surface area contributed by atoms with Gasteiger partial charge in [0.25, 0.3) is 0 Å². The van der Waals surface area contributed by atoms with E-state index in [0.717, 1.165) is 37.3 Å². The van der Waals surface area contributed by atoms with E-state index in [-0.39, 0.29) is 5.78 Å². The van der Waals surface area contributed by atoms with Crippen LogP contribution in [0, 0.1) is 0 Å². The highest BCUT2D eigenvalue weighted by Gasteiger charge is 2.09. The molecule has 1 aromatic rings. The van der Waals surface area contributed by atoms with E-state index in [2.05, 4.69) is 22.4 Å². The predicted molar refractivity (Wildman–Crippen MR) is 64.7 cm³/mol. The van der Waals surface area contributed by atoms with E-state index in [1.165, 1.54) is 12.0 Å². The number of nitrogens with one attached hydrogen (secondary N) is 1. The second-order valence-electron chi connectivity index (χ2n) is 4.40. The Morgan fingerprint density at radius 3 is 3.19 bits per heavy atom. The lowest BCUT2D eigenvalue weighted by Gasteiger charge is -2.17. The largest absolute Gasteiger partial charge is 0.370 e. The third-order valence-electron chi connectivity index (χ3n) is 2.91. The molecule has 16 heavy (non-hydrogen) atoms. The van der Waals surface area contributed by atoms with Crippen molar-refractivity contribution < 1.29 is 4.79 Å². The second-order valence-corrected chi connectivity index (χ2v) is 4.40. The van der Waals surface area contributed by atoms with Crippen molar-refractivity contribution in [3.05, 3.63) is 23.4 Å². The van der Waals surface area contributed by atoms with Crippen molar-refractivity contribution >= 4 is 11.6 Å². The van der Waals surface area contributed by atoms with Gasteiger partial charge in [-0.05, 0) is 44.2 Å². The normalized spacial score (nSPS) is 14.1. The third kappa shape index (κ3) is 2.81. The molecule has 0 fully saturated rings. The summed E-state index contributed by atoms with van der Waals surface area (Å²) < 4.78 is 0. The molecule has 1 N–H and O–H groups in total. The van der Waals surface area contributed by atoms with Crippen LogP contribution in [0.5, 0.6) is 0 Å². The lowest BCUT2D eigenvalue weighted by molar-refractivity contribution is -0.117. The van der Waals surface area contributed by atoms with Crippen molar-refractivity contribution in [2.45, 2.75) is 39.0 Å². The van der Waals surface area contributed by atoms with Gasteiger partial charge in [0.2, 0.25) is 0 Å². The number of anilines is 1. The summed E-state index contributed by atoms with van der Waals surface area (Å²) in [5.41, 5.74) is 2.41. The number of hydrogen-bond acceptors (Lipinski definition) is 3. The first kappa shape index (κ1) is 11.1. The van der Waals surface area contributed by atoms with E-state index >= 15 is 0 Å². The van der Waals surface area contributed by atoms with Gasteiger partial charge < -0.3 is 10.1 Å². The minimum Gasteiger partial charge on any atom is -0.370 e. The van der Waals surface area contributed by atoms with Gasteiger partial charge in [0.1, 0.15) is 11.6 Å². The van der Waals surface area contributed by atoms with Gasteiger partial charge in [0, 0.05) is 18.7 Å². The van der Waals surface area contributed by atoms with Crippen LogP contribution in [0.2, 0.25) is 0 Å². The Bertz CT molecular complexity index is 388. The maximum atomic E-state index is 10.8. The first-order valence-corrected chi connectivity index (χ1v) is 5.98. The SMILES string of the molecule is CC(=O)CCCc1ccc2c(n1)NCCC2. The predicted octanol–water partition coefficient (Wildman–Crippen LogP) is 2.35. The molecule has 1 aromatic heterocycles. The molecule has 0 saturated carbocycles. The number of pyridine rings is 1. The lowest BCUT2D eigenvalue weighted by Crippen LogP contribution is -2.14. The van der Waals surface area contributed by atoms with Gasteiger partial charge >= 0.3 is 0 Å². The van der Waals surface area contributed by atoms with Gasteiger partial charge in [-0.1, -0.05) is 6.07 Å². The van der Waals surface area contributed by atoms with Crippen LogP contribution in [0.25, 0.3) is 0 Å². The highest BCUT2D eigenvalue weighted by molar-refractivity contribution is 5.75. The van der Waals surface area contributed by atoms with E-state index in [0.29, 0.717) is 6.42 Å².